The van der Waals surface area contributed by atoms with Crippen molar-refractivity contribution in [2.75, 3.05) is 11.9 Å². The van der Waals surface area contributed by atoms with Gasteiger partial charge >= 0.3 is 6.09 Å². The standard InChI is InChI=1S/C26H26N4O3S2/c1-26(2,3)33-25(32)30-11-10-16-12-17(8-9-18(16)14-30)23(31)27-24-29-28-22(35-24)13-19-15-34-21-7-5-4-6-20(19)21/h4-9,12,15H,10-11,13-14H2,1-3H3,(H,27,29,31). The van der Waals surface area contributed by atoms with E-state index in [0.29, 0.717) is 36.6 Å². The molecule has 0 atom stereocenters. The van der Waals surface area contributed by atoms with Crippen LogP contribution in [0.5, 0.6) is 0 Å². The molecule has 2 aromatic carbocycles. The largest absolute Gasteiger partial charge is 0.444 e. The van der Waals surface area contributed by atoms with E-state index in [2.05, 4.69) is 33.0 Å². The van der Waals surface area contributed by atoms with Crippen LogP contribution in [0.3, 0.4) is 0 Å². The molecule has 0 aliphatic carbocycles. The van der Waals surface area contributed by atoms with Gasteiger partial charge in [0, 0.05) is 29.8 Å². The number of carbonyl (C=O) groups excluding carboxylic acids is 2. The number of fused-ring (bicyclic) bond motifs is 2. The second-order valence-electron chi connectivity index (χ2n) is 9.52. The number of ether oxygens (including phenoxy) is 1. The van der Waals surface area contributed by atoms with Gasteiger partial charge < -0.3 is 9.64 Å². The van der Waals surface area contributed by atoms with E-state index >= 15 is 0 Å². The first-order valence-corrected chi connectivity index (χ1v) is 13.1. The molecule has 180 valence electrons. The van der Waals surface area contributed by atoms with Crippen molar-refractivity contribution in [3.05, 3.63) is 75.1 Å². The third-order valence-corrected chi connectivity index (χ3v) is 7.57. The molecule has 0 fully saturated rings. The second-order valence-corrected chi connectivity index (χ2v) is 11.5. The highest BCUT2D eigenvalue weighted by molar-refractivity contribution is 7.17. The van der Waals surface area contributed by atoms with Gasteiger partial charge in [0.15, 0.2) is 0 Å². The van der Waals surface area contributed by atoms with E-state index in [1.807, 2.05) is 45.0 Å². The summed E-state index contributed by atoms with van der Waals surface area (Å²) in [5.41, 5.74) is 3.35. The van der Waals surface area contributed by atoms with Crippen LogP contribution in [0.2, 0.25) is 0 Å². The molecule has 1 N–H and O–H groups in total. The Balaban J connectivity index is 1.23. The maximum absolute atomic E-state index is 12.9. The monoisotopic (exact) mass is 506 g/mol. The maximum atomic E-state index is 12.9. The van der Waals surface area contributed by atoms with Gasteiger partial charge in [-0.05, 0) is 72.8 Å². The van der Waals surface area contributed by atoms with Gasteiger partial charge in [-0.15, -0.1) is 21.5 Å². The van der Waals surface area contributed by atoms with Crippen LogP contribution in [-0.4, -0.2) is 39.2 Å². The number of thiophene rings is 1. The number of benzene rings is 2. The van der Waals surface area contributed by atoms with Crippen molar-refractivity contribution in [1.82, 2.24) is 15.1 Å². The smallest absolute Gasteiger partial charge is 0.410 e. The summed E-state index contributed by atoms with van der Waals surface area (Å²) in [6.07, 6.45) is 1.05. The highest BCUT2D eigenvalue weighted by Gasteiger charge is 2.26. The van der Waals surface area contributed by atoms with Crippen molar-refractivity contribution in [2.24, 2.45) is 0 Å². The van der Waals surface area contributed by atoms with E-state index < -0.39 is 5.60 Å². The molecule has 0 unspecified atom stereocenters. The zero-order valence-corrected chi connectivity index (χ0v) is 21.5. The Morgan fingerprint density at radius 2 is 1.94 bits per heavy atom. The lowest BCUT2D eigenvalue weighted by atomic mass is 9.97. The fourth-order valence-electron chi connectivity index (χ4n) is 4.05. The zero-order chi connectivity index (χ0) is 24.6. The molecule has 2 amide bonds. The summed E-state index contributed by atoms with van der Waals surface area (Å²) < 4.78 is 6.74. The van der Waals surface area contributed by atoms with Crippen LogP contribution < -0.4 is 5.32 Å². The van der Waals surface area contributed by atoms with Crippen molar-refractivity contribution >= 4 is 49.9 Å². The molecule has 0 bridgehead atoms. The SMILES string of the molecule is CC(C)(C)OC(=O)N1CCc2cc(C(=O)Nc3nnc(Cc4csc5ccccc45)s3)ccc2C1. The summed E-state index contributed by atoms with van der Waals surface area (Å²) in [6.45, 7) is 6.61. The number of hydrogen-bond donors (Lipinski definition) is 1. The molecule has 1 aliphatic rings. The summed E-state index contributed by atoms with van der Waals surface area (Å²) in [5, 5.41) is 16.1. The average molecular weight is 507 g/mol. The second kappa shape index (κ2) is 9.39. The lowest BCUT2D eigenvalue weighted by Crippen LogP contribution is -2.39. The Kier molecular flexibility index (Phi) is 6.29. The molecule has 1 aliphatic heterocycles. The molecule has 35 heavy (non-hydrogen) atoms. The van der Waals surface area contributed by atoms with Crippen LogP contribution >= 0.6 is 22.7 Å². The molecule has 2 aromatic heterocycles. The minimum atomic E-state index is -0.526. The average Bonchev–Trinajstić information content (AvgIpc) is 3.44. The summed E-state index contributed by atoms with van der Waals surface area (Å²) in [5.74, 6) is -0.217. The molecule has 0 radical (unpaired) electrons. The lowest BCUT2D eigenvalue weighted by molar-refractivity contribution is 0.0224. The Morgan fingerprint density at radius 3 is 2.77 bits per heavy atom. The molecular weight excluding hydrogens is 480 g/mol. The molecule has 0 spiro atoms. The predicted molar refractivity (Wildman–Crippen MR) is 139 cm³/mol. The van der Waals surface area contributed by atoms with Gasteiger partial charge in [0.25, 0.3) is 5.91 Å². The van der Waals surface area contributed by atoms with Crippen molar-refractivity contribution in [3.63, 3.8) is 0 Å². The Morgan fingerprint density at radius 1 is 1.11 bits per heavy atom. The number of amides is 2. The molecule has 4 aromatic rings. The van der Waals surface area contributed by atoms with E-state index in [-0.39, 0.29) is 12.0 Å². The van der Waals surface area contributed by atoms with Crippen LogP contribution in [0.15, 0.2) is 47.8 Å². The number of nitrogens with zero attached hydrogens (tertiary/aromatic N) is 3. The molecular formula is C26H26N4O3S2. The third kappa shape index (κ3) is 5.36. The first-order valence-electron chi connectivity index (χ1n) is 11.4. The fraction of sp³-hybridized carbons (Fsp3) is 0.308. The minimum absolute atomic E-state index is 0.217. The summed E-state index contributed by atoms with van der Waals surface area (Å²) in [4.78, 5) is 27.0. The minimum Gasteiger partial charge on any atom is -0.444 e. The summed E-state index contributed by atoms with van der Waals surface area (Å²) in [6, 6.07) is 13.9. The third-order valence-electron chi connectivity index (χ3n) is 5.72. The Labute approximate surface area is 211 Å². The first-order chi connectivity index (χ1) is 16.7. The van der Waals surface area contributed by atoms with Crippen LogP contribution in [0.1, 0.15) is 52.8 Å². The predicted octanol–water partition coefficient (Wildman–Crippen LogP) is 5.89. The van der Waals surface area contributed by atoms with Crippen molar-refractivity contribution in [3.8, 4) is 0 Å². The van der Waals surface area contributed by atoms with E-state index in [4.69, 9.17) is 4.74 Å². The number of anilines is 1. The van der Waals surface area contributed by atoms with E-state index in [1.54, 1.807) is 22.3 Å². The number of hydrogen-bond acceptors (Lipinski definition) is 7. The van der Waals surface area contributed by atoms with Gasteiger partial charge in [-0.1, -0.05) is 35.6 Å². The highest BCUT2D eigenvalue weighted by Crippen LogP contribution is 2.29. The van der Waals surface area contributed by atoms with Gasteiger partial charge in [-0.3, -0.25) is 10.1 Å². The molecule has 0 saturated carbocycles. The Hall–Kier alpha value is -3.30. The van der Waals surface area contributed by atoms with Crippen molar-refractivity contribution < 1.29 is 14.3 Å². The lowest BCUT2D eigenvalue weighted by Gasteiger charge is -2.31. The summed E-state index contributed by atoms with van der Waals surface area (Å²) >= 11 is 3.11. The molecule has 3 heterocycles. The number of carbonyl (C=O) groups is 2. The van der Waals surface area contributed by atoms with Gasteiger partial charge in [-0.25, -0.2) is 4.79 Å². The Bertz CT molecular complexity index is 1400. The highest BCUT2D eigenvalue weighted by atomic mass is 32.1. The van der Waals surface area contributed by atoms with E-state index in [9.17, 15) is 9.59 Å². The quantitative estimate of drug-likeness (QED) is 0.373. The van der Waals surface area contributed by atoms with E-state index in [1.165, 1.54) is 27.0 Å². The van der Waals surface area contributed by atoms with Gasteiger partial charge in [0.1, 0.15) is 10.6 Å². The number of rotatable bonds is 4. The van der Waals surface area contributed by atoms with Gasteiger partial charge in [-0.2, -0.15) is 0 Å². The van der Waals surface area contributed by atoms with Crippen molar-refractivity contribution in [2.45, 2.75) is 45.8 Å². The zero-order valence-electron chi connectivity index (χ0n) is 19.8. The molecule has 7 nitrogen and oxygen atoms in total. The molecule has 9 heteroatoms. The number of aromatic nitrogens is 2. The van der Waals surface area contributed by atoms with E-state index in [0.717, 1.165) is 16.1 Å². The van der Waals surface area contributed by atoms with Gasteiger partial charge in [0.2, 0.25) is 5.13 Å². The van der Waals surface area contributed by atoms with Crippen LogP contribution in [-0.2, 0) is 24.1 Å². The van der Waals surface area contributed by atoms with Gasteiger partial charge in [0.05, 0.1) is 0 Å². The maximum Gasteiger partial charge on any atom is 0.410 e. The first kappa shape index (κ1) is 23.4. The molecule has 5 rings (SSSR count). The van der Waals surface area contributed by atoms with Crippen molar-refractivity contribution in [1.29, 1.82) is 0 Å². The normalized spacial score (nSPS) is 13.5. The van der Waals surface area contributed by atoms with Crippen LogP contribution in [0.25, 0.3) is 10.1 Å². The number of nitrogens with one attached hydrogen (secondary N) is 1. The van der Waals surface area contributed by atoms with Crippen LogP contribution in [0, 0.1) is 0 Å². The van der Waals surface area contributed by atoms with Crippen LogP contribution in [0.4, 0.5) is 9.93 Å². The summed E-state index contributed by atoms with van der Waals surface area (Å²) in [7, 11) is 0. The molecule has 0 saturated heterocycles. The topological polar surface area (TPSA) is 84.4 Å². The fourth-order valence-corrected chi connectivity index (χ4v) is 5.77.